The maximum absolute atomic E-state index is 5.17. The van der Waals surface area contributed by atoms with E-state index in [2.05, 4.69) is 12.0 Å². The molecule has 0 unspecified atom stereocenters. The molecule has 0 heterocycles. The Hall–Kier alpha value is -2.60. The Morgan fingerprint density at radius 1 is 0.750 bits per heavy atom. The first-order valence-electron chi connectivity index (χ1n) is 6.29. The maximum Gasteiger partial charge on any atom is 0.119 e. The summed E-state index contributed by atoms with van der Waals surface area (Å²) in [6, 6.07) is 18.7. The van der Waals surface area contributed by atoms with E-state index >= 15 is 0 Å². The molecule has 0 saturated heterocycles. The molecular weight excluding hydrogens is 250 g/mol. The lowest BCUT2D eigenvalue weighted by atomic mass is 10.2. The van der Waals surface area contributed by atoms with Gasteiger partial charge in [-0.1, -0.05) is 5.92 Å². The molecule has 102 valence electrons. The number of anilines is 2. The molecule has 2 aromatic rings. The first-order chi connectivity index (χ1) is 9.78. The highest BCUT2D eigenvalue weighted by atomic mass is 16.5. The Labute approximate surface area is 119 Å². The van der Waals surface area contributed by atoms with E-state index in [4.69, 9.17) is 9.47 Å². The van der Waals surface area contributed by atoms with Crippen molar-refractivity contribution in [2.24, 2.45) is 0 Å². The van der Waals surface area contributed by atoms with E-state index in [9.17, 15) is 0 Å². The van der Waals surface area contributed by atoms with Crippen LogP contribution in [0.4, 0.5) is 11.4 Å². The van der Waals surface area contributed by atoms with E-state index in [0.29, 0.717) is 0 Å². The van der Waals surface area contributed by atoms with Crippen molar-refractivity contribution in [2.45, 2.75) is 6.92 Å². The topological polar surface area (TPSA) is 21.7 Å². The molecule has 0 aliphatic carbocycles. The van der Waals surface area contributed by atoms with Crippen LogP contribution in [0.5, 0.6) is 11.5 Å². The SMILES string of the molecule is CC#CN(c1ccc(OC)cc1)c1ccc(OC)cc1. The second-order valence-electron chi connectivity index (χ2n) is 4.09. The molecule has 3 nitrogen and oxygen atoms in total. The summed E-state index contributed by atoms with van der Waals surface area (Å²) in [7, 11) is 3.31. The van der Waals surface area contributed by atoms with Crippen molar-refractivity contribution < 1.29 is 9.47 Å². The first-order valence-corrected chi connectivity index (χ1v) is 6.29. The fourth-order valence-corrected chi connectivity index (χ4v) is 1.85. The number of hydrogen-bond donors (Lipinski definition) is 0. The minimum absolute atomic E-state index is 0.827. The number of benzene rings is 2. The van der Waals surface area contributed by atoms with Gasteiger partial charge in [-0.05, 0) is 55.5 Å². The van der Waals surface area contributed by atoms with Gasteiger partial charge in [-0.15, -0.1) is 0 Å². The smallest absolute Gasteiger partial charge is 0.119 e. The molecule has 2 aromatic carbocycles. The third-order valence-electron chi connectivity index (χ3n) is 2.88. The van der Waals surface area contributed by atoms with Gasteiger partial charge in [0.1, 0.15) is 11.5 Å². The summed E-state index contributed by atoms with van der Waals surface area (Å²) in [6.45, 7) is 1.82. The van der Waals surface area contributed by atoms with Gasteiger partial charge in [-0.25, -0.2) is 0 Å². The Kier molecular flexibility index (Phi) is 4.52. The van der Waals surface area contributed by atoms with E-state index < -0.39 is 0 Å². The summed E-state index contributed by atoms with van der Waals surface area (Å²) in [6.07, 6.45) is 0. The van der Waals surface area contributed by atoms with Crippen molar-refractivity contribution in [1.29, 1.82) is 0 Å². The van der Waals surface area contributed by atoms with E-state index in [1.54, 1.807) is 14.2 Å². The summed E-state index contributed by atoms with van der Waals surface area (Å²) in [5.74, 6) is 4.59. The second-order valence-corrected chi connectivity index (χ2v) is 4.09. The number of methoxy groups -OCH3 is 2. The molecular formula is C17H17NO2. The van der Waals surface area contributed by atoms with Gasteiger partial charge in [-0.2, -0.15) is 0 Å². The number of hydrogen-bond acceptors (Lipinski definition) is 3. The highest BCUT2D eigenvalue weighted by Crippen LogP contribution is 2.27. The summed E-state index contributed by atoms with van der Waals surface area (Å²) < 4.78 is 10.3. The van der Waals surface area contributed by atoms with Gasteiger partial charge in [0.15, 0.2) is 0 Å². The average molecular weight is 267 g/mol. The van der Waals surface area contributed by atoms with Crippen LogP contribution in [0, 0.1) is 12.0 Å². The highest BCUT2D eigenvalue weighted by Gasteiger charge is 2.07. The van der Waals surface area contributed by atoms with Crippen LogP contribution in [-0.2, 0) is 0 Å². The second kappa shape index (κ2) is 6.53. The third kappa shape index (κ3) is 3.04. The van der Waals surface area contributed by atoms with Crippen molar-refractivity contribution in [1.82, 2.24) is 0 Å². The molecule has 0 saturated carbocycles. The molecule has 0 amide bonds. The monoisotopic (exact) mass is 267 g/mol. The van der Waals surface area contributed by atoms with Crippen LogP contribution >= 0.6 is 0 Å². The fraction of sp³-hybridized carbons (Fsp3) is 0.176. The molecule has 0 fully saturated rings. The van der Waals surface area contributed by atoms with Gasteiger partial charge < -0.3 is 9.47 Å². The van der Waals surface area contributed by atoms with Gasteiger partial charge in [0.2, 0.25) is 0 Å². The largest absolute Gasteiger partial charge is 0.497 e. The number of ether oxygens (including phenoxy) is 2. The van der Waals surface area contributed by atoms with Crippen LogP contribution in [0.15, 0.2) is 48.5 Å². The van der Waals surface area contributed by atoms with Crippen LogP contribution < -0.4 is 14.4 Å². The van der Waals surface area contributed by atoms with Crippen LogP contribution in [0.2, 0.25) is 0 Å². The van der Waals surface area contributed by atoms with Crippen LogP contribution in [0.25, 0.3) is 0 Å². The summed E-state index contributed by atoms with van der Waals surface area (Å²) in [4.78, 5) is 1.93. The van der Waals surface area contributed by atoms with Crippen molar-refractivity contribution >= 4 is 11.4 Å². The maximum atomic E-state index is 5.17. The summed E-state index contributed by atoms with van der Waals surface area (Å²) >= 11 is 0. The van der Waals surface area contributed by atoms with Gasteiger partial charge in [0.25, 0.3) is 0 Å². The molecule has 0 aromatic heterocycles. The molecule has 0 bridgehead atoms. The standard InChI is InChI=1S/C17H17NO2/c1-4-13-18(14-5-9-16(19-2)10-6-14)15-7-11-17(20-3)12-8-15/h5-12H,1-3H3. The minimum atomic E-state index is 0.827. The lowest BCUT2D eigenvalue weighted by Gasteiger charge is -2.18. The van der Waals surface area contributed by atoms with E-state index in [-0.39, 0.29) is 0 Å². The molecule has 2 rings (SSSR count). The molecule has 3 heteroatoms. The van der Waals surface area contributed by atoms with Crippen molar-refractivity contribution in [3.8, 4) is 23.5 Å². The lowest BCUT2D eigenvalue weighted by Crippen LogP contribution is -2.08. The van der Waals surface area contributed by atoms with Gasteiger partial charge in [-0.3, -0.25) is 4.90 Å². The zero-order valence-electron chi connectivity index (χ0n) is 11.9. The fourth-order valence-electron chi connectivity index (χ4n) is 1.85. The van der Waals surface area contributed by atoms with Gasteiger partial charge in [0, 0.05) is 6.04 Å². The Morgan fingerprint density at radius 3 is 1.45 bits per heavy atom. The predicted molar refractivity (Wildman–Crippen MR) is 81.6 cm³/mol. The van der Waals surface area contributed by atoms with Gasteiger partial charge >= 0.3 is 0 Å². The zero-order valence-corrected chi connectivity index (χ0v) is 11.9. The summed E-state index contributed by atoms with van der Waals surface area (Å²) in [5, 5.41) is 0. The van der Waals surface area contributed by atoms with Crippen LogP contribution in [0.1, 0.15) is 6.92 Å². The normalized spacial score (nSPS) is 9.35. The molecule has 0 spiro atoms. The summed E-state index contributed by atoms with van der Waals surface area (Å²) in [5.41, 5.74) is 1.98. The van der Waals surface area contributed by atoms with E-state index in [0.717, 1.165) is 22.9 Å². The third-order valence-corrected chi connectivity index (χ3v) is 2.88. The van der Waals surface area contributed by atoms with Crippen molar-refractivity contribution in [2.75, 3.05) is 19.1 Å². The molecule has 0 atom stereocenters. The zero-order chi connectivity index (χ0) is 14.4. The predicted octanol–water partition coefficient (Wildman–Crippen LogP) is 3.82. The Bertz CT molecular complexity index is 559. The molecule has 0 N–H and O–H groups in total. The van der Waals surface area contributed by atoms with Gasteiger partial charge in [0.05, 0.1) is 25.6 Å². The number of rotatable bonds is 4. The van der Waals surface area contributed by atoms with Crippen molar-refractivity contribution in [3.63, 3.8) is 0 Å². The molecule has 0 radical (unpaired) electrons. The molecule has 20 heavy (non-hydrogen) atoms. The Balaban J connectivity index is 2.35. The highest BCUT2D eigenvalue weighted by molar-refractivity contribution is 5.69. The van der Waals surface area contributed by atoms with Crippen molar-refractivity contribution in [3.05, 3.63) is 48.5 Å². The minimum Gasteiger partial charge on any atom is -0.497 e. The van der Waals surface area contributed by atoms with Crippen LogP contribution in [-0.4, -0.2) is 14.2 Å². The van der Waals surface area contributed by atoms with E-state index in [1.165, 1.54) is 0 Å². The number of nitrogens with zero attached hydrogens (tertiary/aromatic N) is 1. The first kappa shape index (κ1) is 13.8. The molecule has 0 aliphatic heterocycles. The van der Waals surface area contributed by atoms with Crippen LogP contribution in [0.3, 0.4) is 0 Å². The quantitative estimate of drug-likeness (QED) is 0.621. The lowest BCUT2D eigenvalue weighted by molar-refractivity contribution is 0.415. The molecule has 0 aliphatic rings. The Morgan fingerprint density at radius 2 is 1.15 bits per heavy atom. The average Bonchev–Trinajstić information content (AvgIpc) is 2.53. The van der Waals surface area contributed by atoms with E-state index in [1.807, 2.05) is 60.4 Å².